The van der Waals surface area contributed by atoms with Gasteiger partial charge in [0.15, 0.2) is 0 Å². The van der Waals surface area contributed by atoms with Crippen molar-refractivity contribution < 1.29 is 4.79 Å². The van der Waals surface area contributed by atoms with Crippen LogP contribution in [-0.4, -0.2) is 60.0 Å². The molecule has 0 saturated carbocycles. The van der Waals surface area contributed by atoms with Crippen LogP contribution in [0.4, 0.5) is 11.5 Å². The molecule has 5 rings (SSSR count). The predicted octanol–water partition coefficient (Wildman–Crippen LogP) is 5.09. The second-order valence-corrected chi connectivity index (χ2v) is 10.1. The summed E-state index contributed by atoms with van der Waals surface area (Å²) in [6, 6.07) is 16.1. The monoisotopic (exact) mass is 509 g/mol. The number of halogens is 2. The van der Waals surface area contributed by atoms with Crippen molar-refractivity contribution >= 4 is 40.6 Å². The van der Waals surface area contributed by atoms with E-state index < -0.39 is 0 Å². The first-order chi connectivity index (χ1) is 17.0. The number of aryl methyl sites for hydroxylation is 1. The summed E-state index contributed by atoms with van der Waals surface area (Å²) in [5.41, 5.74) is 5.06. The number of nitrogens with one attached hydrogen (secondary N) is 1. The molecule has 0 aliphatic carbocycles. The third-order valence-corrected chi connectivity index (χ3v) is 7.29. The number of aromatic nitrogens is 1. The highest BCUT2D eigenvalue weighted by molar-refractivity contribution is 6.33. The van der Waals surface area contributed by atoms with E-state index in [4.69, 9.17) is 23.2 Å². The van der Waals surface area contributed by atoms with Gasteiger partial charge in [-0.25, -0.2) is 4.98 Å². The SMILES string of the molecule is Cc1ccc(CN2CCN(C(=O)c3cnc4c(c3)N(Cc3cc(Cl)ccc3Cl)CCN4)CC2)cc1. The molecule has 1 amide bonds. The molecule has 1 N–H and O–H groups in total. The summed E-state index contributed by atoms with van der Waals surface area (Å²) in [5.74, 6) is 0.815. The Morgan fingerprint density at radius 1 is 0.971 bits per heavy atom. The molecule has 2 aromatic carbocycles. The quantitative estimate of drug-likeness (QED) is 0.519. The Bertz CT molecular complexity index is 1210. The maximum Gasteiger partial charge on any atom is 0.255 e. The summed E-state index contributed by atoms with van der Waals surface area (Å²) in [4.78, 5) is 24.5. The lowest BCUT2D eigenvalue weighted by Gasteiger charge is -2.35. The smallest absolute Gasteiger partial charge is 0.255 e. The Labute approximate surface area is 216 Å². The molecular weight excluding hydrogens is 481 g/mol. The summed E-state index contributed by atoms with van der Waals surface area (Å²) in [7, 11) is 0. The third kappa shape index (κ3) is 5.56. The minimum Gasteiger partial charge on any atom is -0.367 e. The van der Waals surface area contributed by atoms with Gasteiger partial charge in [0.2, 0.25) is 0 Å². The fourth-order valence-corrected chi connectivity index (χ4v) is 5.03. The second kappa shape index (κ2) is 10.4. The van der Waals surface area contributed by atoms with E-state index in [2.05, 4.69) is 51.3 Å². The van der Waals surface area contributed by atoms with Crippen LogP contribution in [0.15, 0.2) is 54.7 Å². The number of carbonyl (C=O) groups excluding carboxylic acids is 1. The van der Waals surface area contributed by atoms with Gasteiger partial charge >= 0.3 is 0 Å². The van der Waals surface area contributed by atoms with Gasteiger partial charge < -0.3 is 15.1 Å². The first kappa shape index (κ1) is 23.9. The van der Waals surface area contributed by atoms with Crippen LogP contribution in [0.25, 0.3) is 0 Å². The van der Waals surface area contributed by atoms with Gasteiger partial charge in [-0.05, 0) is 42.3 Å². The number of amides is 1. The van der Waals surface area contributed by atoms with E-state index in [0.717, 1.165) is 49.8 Å². The van der Waals surface area contributed by atoms with E-state index in [0.29, 0.717) is 35.2 Å². The van der Waals surface area contributed by atoms with Gasteiger partial charge in [-0.2, -0.15) is 0 Å². The van der Waals surface area contributed by atoms with Crippen LogP contribution in [0.5, 0.6) is 0 Å². The number of fused-ring (bicyclic) bond motifs is 1. The number of piperazine rings is 1. The molecule has 3 aromatic rings. The van der Waals surface area contributed by atoms with E-state index in [1.54, 1.807) is 12.3 Å². The molecule has 1 fully saturated rings. The number of anilines is 2. The number of carbonyl (C=O) groups is 1. The molecule has 0 unspecified atom stereocenters. The number of hydrogen-bond donors (Lipinski definition) is 1. The van der Waals surface area contributed by atoms with Gasteiger partial charge in [0, 0.05) is 68.6 Å². The van der Waals surface area contributed by atoms with Crippen molar-refractivity contribution in [1.82, 2.24) is 14.8 Å². The third-order valence-electron chi connectivity index (χ3n) is 6.68. The molecule has 6 nitrogen and oxygen atoms in total. The highest BCUT2D eigenvalue weighted by Gasteiger charge is 2.25. The minimum atomic E-state index is 0.0293. The van der Waals surface area contributed by atoms with Crippen LogP contribution in [0.2, 0.25) is 10.0 Å². The van der Waals surface area contributed by atoms with Crippen molar-refractivity contribution in [2.24, 2.45) is 0 Å². The van der Waals surface area contributed by atoms with E-state index in [1.807, 2.05) is 23.1 Å². The van der Waals surface area contributed by atoms with Crippen molar-refractivity contribution in [2.75, 3.05) is 49.5 Å². The van der Waals surface area contributed by atoms with E-state index in [9.17, 15) is 4.79 Å². The molecule has 1 aromatic heterocycles. The van der Waals surface area contributed by atoms with Crippen molar-refractivity contribution in [3.8, 4) is 0 Å². The Kier molecular flexibility index (Phi) is 7.14. The Morgan fingerprint density at radius 2 is 1.74 bits per heavy atom. The Hall–Kier alpha value is -2.80. The van der Waals surface area contributed by atoms with Gasteiger partial charge in [0.1, 0.15) is 5.82 Å². The lowest BCUT2D eigenvalue weighted by Crippen LogP contribution is -2.48. The van der Waals surface area contributed by atoms with Crippen molar-refractivity contribution in [2.45, 2.75) is 20.0 Å². The zero-order valence-corrected chi connectivity index (χ0v) is 21.3. The van der Waals surface area contributed by atoms with Crippen LogP contribution in [0.1, 0.15) is 27.0 Å². The van der Waals surface area contributed by atoms with Crippen molar-refractivity contribution in [1.29, 1.82) is 0 Å². The molecule has 0 radical (unpaired) electrons. The minimum absolute atomic E-state index is 0.0293. The largest absolute Gasteiger partial charge is 0.367 e. The van der Waals surface area contributed by atoms with Gasteiger partial charge in [0.25, 0.3) is 5.91 Å². The van der Waals surface area contributed by atoms with E-state index in [-0.39, 0.29) is 5.91 Å². The van der Waals surface area contributed by atoms with E-state index >= 15 is 0 Å². The van der Waals surface area contributed by atoms with Crippen LogP contribution in [0.3, 0.4) is 0 Å². The first-order valence-electron chi connectivity index (χ1n) is 12.0. The molecule has 182 valence electrons. The fraction of sp³-hybridized carbons (Fsp3) is 0.333. The van der Waals surface area contributed by atoms with Crippen LogP contribution in [-0.2, 0) is 13.1 Å². The molecule has 0 spiro atoms. The number of nitrogens with zero attached hydrogens (tertiary/aromatic N) is 4. The summed E-state index contributed by atoms with van der Waals surface area (Å²) in [6.45, 7) is 8.31. The molecular formula is C27H29Cl2N5O. The maximum atomic E-state index is 13.3. The molecule has 1 saturated heterocycles. The second-order valence-electron chi connectivity index (χ2n) is 9.23. The lowest BCUT2D eigenvalue weighted by molar-refractivity contribution is 0.0628. The standard InChI is InChI=1S/C27H29Cl2N5O/c1-19-2-4-20(5-3-19)17-32-10-12-33(13-11-32)27(35)21-15-25-26(31-16-21)30-8-9-34(25)18-22-14-23(28)6-7-24(22)29/h2-7,14-16H,8-13,17-18H2,1H3,(H,30,31). The molecule has 3 heterocycles. The number of benzene rings is 2. The lowest BCUT2D eigenvalue weighted by atomic mass is 10.1. The average molecular weight is 510 g/mol. The molecule has 0 bridgehead atoms. The summed E-state index contributed by atoms with van der Waals surface area (Å²) < 4.78 is 0. The molecule has 0 atom stereocenters. The van der Waals surface area contributed by atoms with E-state index in [1.165, 1.54) is 11.1 Å². The normalized spacial score (nSPS) is 16.1. The molecule has 2 aliphatic heterocycles. The van der Waals surface area contributed by atoms with Crippen molar-refractivity contribution in [3.05, 3.63) is 87.0 Å². The van der Waals surface area contributed by atoms with Crippen LogP contribution in [0, 0.1) is 6.92 Å². The zero-order chi connectivity index (χ0) is 24.4. The molecule has 2 aliphatic rings. The Balaban J connectivity index is 1.26. The summed E-state index contributed by atoms with van der Waals surface area (Å²) >= 11 is 12.6. The maximum absolute atomic E-state index is 13.3. The summed E-state index contributed by atoms with van der Waals surface area (Å²) in [5, 5.41) is 4.67. The molecule has 8 heteroatoms. The fourth-order valence-electron chi connectivity index (χ4n) is 4.65. The van der Waals surface area contributed by atoms with Crippen molar-refractivity contribution in [3.63, 3.8) is 0 Å². The van der Waals surface area contributed by atoms with Gasteiger partial charge in [0.05, 0.1) is 11.3 Å². The van der Waals surface area contributed by atoms with Gasteiger partial charge in [-0.1, -0.05) is 53.0 Å². The zero-order valence-electron chi connectivity index (χ0n) is 19.8. The topological polar surface area (TPSA) is 51.7 Å². The van der Waals surface area contributed by atoms with Gasteiger partial charge in [-0.3, -0.25) is 9.69 Å². The number of rotatable bonds is 5. The highest BCUT2D eigenvalue weighted by Crippen LogP contribution is 2.31. The average Bonchev–Trinajstić information content (AvgIpc) is 2.87. The van der Waals surface area contributed by atoms with Gasteiger partial charge in [-0.15, -0.1) is 0 Å². The summed E-state index contributed by atoms with van der Waals surface area (Å²) in [6.07, 6.45) is 1.68. The number of pyridine rings is 1. The van der Waals surface area contributed by atoms with Crippen LogP contribution >= 0.6 is 23.2 Å². The predicted molar refractivity (Wildman–Crippen MR) is 143 cm³/mol. The first-order valence-corrected chi connectivity index (χ1v) is 12.7. The molecule has 35 heavy (non-hydrogen) atoms. The van der Waals surface area contributed by atoms with Crippen LogP contribution < -0.4 is 10.2 Å². The number of hydrogen-bond acceptors (Lipinski definition) is 5. The Morgan fingerprint density at radius 3 is 2.51 bits per heavy atom. The highest BCUT2D eigenvalue weighted by atomic mass is 35.5.